The van der Waals surface area contributed by atoms with Crippen LogP contribution in [0.25, 0.3) is 0 Å². The van der Waals surface area contributed by atoms with E-state index < -0.39 is 0 Å². The van der Waals surface area contributed by atoms with Crippen LogP contribution < -0.4 is 5.32 Å². The summed E-state index contributed by atoms with van der Waals surface area (Å²) < 4.78 is 1.13. The number of carbonyl (C=O) groups excluding carboxylic acids is 1. The third-order valence-corrected chi connectivity index (χ3v) is 4.65. The Labute approximate surface area is 133 Å². The van der Waals surface area contributed by atoms with Gasteiger partial charge in [0.1, 0.15) is 0 Å². The summed E-state index contributed by atoms with van der Waals surface area (Å²) in [7, 11) is 0. The second kappa shape index (κ2) is 6.02. The highest BCUT2D eigenvalue weighted by Gasteiger charge is 2.40. The van der Waals surface area contributed by atoms with Crippen molar-refractivity contribution >= 4 is 21.8 Å². The maximum Gasteiger partial charge on any atom is 0.224 e. The van der Waals surface area contributed by atoms with Gasteiger partial charge in [0, 0.05) is 16.4 Å². The lowest BCUT2D eigenvalue weighted by atomic mass is 10.1. The Morgan fingerprint density at radius 2 is 1.90 bits per heavy atom. The molecule has 1 aliphatic carbocycles. The largest absolute Gasteiger partial charge is 0.352 e. The van der Waals surface area contributed by atoms with Crippen molar-refractivity contribution in [2.45, 2.75) is 31.7 Å². The van der Waals surface area contributed by atoms with E-state index in [1.807, 2.05) is 36.4 Å². The van der Waals surface area contributed by atoms with Crippen LogP contribution in [0.2, 0.25) is 0 Å². The second-order valence-electron chi connectivity index (χ2n) is 5.70. The maximum absolute atomic E-state index is 12.1. The third-order valence-electron chi connectivity index (χ3n) is 3.93. The zero-order valence-electron chi connectivity index (χ0n) is 12.0. The summed E-state index contributed by atoms with van der Waals surface area (Å²) in [4.78, 5) is 12.1. The average Bonchev–Trinajstić information content (AvgIpc) is 3.21. The molecule has 1 N–H and O–H groups in total. The molecule has 1 fully saturated rings. The van der Waals surface area contributed by atoms with E-state index in [4.69, 9.17) is 0 Å². The van der Waals surface area contributed by atoms with E-state index in [-0.39, 0.29) is 11.9 Å². The van der Waals surface area contributed by atoms with Crippen LogP contribution in [-0.2, 0) is 11.2 Å². The number of amides is 1. The van der Waals surface area contributed by atoms with E-state index >= 15 is 0 Å². The SMILES string of the molecule is Cc1ccc(CC(=O)N[C@@H]2C[C@H]2c2ccccc2Br)cc1. The first-order chi connectivity index (χ1) is 10.1. The summed E-state index contributed by atoms with van der Waals surface area (Å²) in [6.45, 7) is 2.05. The predicted octanol–water partition coefficient (Wildman–Crippen LogP) is 3.97. The number of halogens is 1. The van der Waals surface area contributed by atoms with Gasteiger partial charge in [-0.25, -0.2) is 0 Å². The Balaban J connectivity index is 1.55. The van der Waals surface area contributed by atoms with Crippen molar-refractivity contribution in [1.82, 2.24) is 5.32 Å². The highest BCUT2D eigenvalue weighted by Crippen LogP contribution is 2.43. The summed E-state index contributed by atoms with van der Waals surface area (Å²) in [6.07, 6.45) is 1.49. The number of aryl methyl sites for hydroxylation is 1. The first-order valence-corrected chi connectivity index (χ1v) is 8.02. The van der Waals surface area contributed by atoms with Crippen LogP contribution in [0.5, 0.6) is 0 Å². The van der Waals surface area contributed by atoms with Crippen molar-refractivity contribution in [1.29, 1.82) is 0 Å². The topological polar surface area (TPSA) is 29.1 Å². The molecule has 1 aliphatic rings. The fraction of sp³-hybridized carbons (Fsp3) is 0.278. The average molecular weight is 344 g/mol. The van der Waals surface area contributed by atoms with E-state index in [2.05, 4.69) is 40.3 Å². The van der Waals surface area contributed by atoms with Crippen LogP contribution in [0.3, 0.4) is 0 Å². The molecular formula is C18H18BrNO. The molecule has 0 spiro atoms. The number of rotatable bonds is 4. The monoisotopic (exact) mass is 343 g/mol. The van der Waals surface area contributed by atoms with Crippen molar-refractivity contribution in [3.63, 3.8) is 0 Å². The maximum atomic E-state index is 12.1. The summed E-state index contributed by atoms with van der Waals surface area (Å²) >= 11 is 3.58. The minimum absolute atomic E-state index is 0.110. The zero-order chi connectivity index (χ0) is 14.8. The second-order valence-corrected chi connectivity index (χ2v) is 6.55. The van der Waals surface area contributed by atoms with Crippen LogP contribution in [0.4, 0.5) is 0 Å². The number of nitrogens with one attached hydrogen (secondary N) is 1. The van der Waals surface area contributed by atoms with E-state index in [1.165, 1.54) is 11.1 Å². The van der Waals surface area contributed by atoms with Crippen LogP contribution in [0, 0.1) is 6.92 Å². The lowest BCUT2D eigenvalue weighted by Gasteiger charge is -2.06. The Morgan fingerprint density at radius 3 is 2.62 bits per heavy atom. The Morgan fingerprint density at radius 1 is 1.19 bits per heavy atom. The van der Waals surface area contributed by atoms with Crippen molar-refractivity contribution in [3.05, 3.63) is 69.7 Å². The molecule has 2 aromatic carbocycles. The molecule has 2 nitrogen and oxygen atoms in total. The lowest BCUT2D eigenvalue weighted by molar-refractivity contribution is -0.120. The van der Waals surface area contributed by atoms with Crippen molar-refractivity contribution < 1.29 is 4.79 Å². The van der Waals surface area contributed by atoms with Gasteiger partial charge in [0.05, 0.1) is 6.42 Å². The quantitative estimate of drug-likeness (QED) is 0.893. The van der Waals surface area contributed by atoms with E-state index in [0.717, 1.165) is 16.5 Å². The molecule has 0 heterocycles. The minimum Gasteiger partial charge on any atom is -0.352 e. The number of carbonyl (C=O) groups is 1. The van der Waals surface area contributed by atoms with Crippen LogP contribution >= 0.6 is 15.9 Å². The fourth-order valence-corrected chi connectivity index (χ4v) is 3.20. The molecule has 1 saturated carbocycles. The van der Waals surface area contributed by atoms with E-state index in [1.54, 1.807) is 0 Å². The van der Waals surface area contributed by atoms with Gasteiger partial charge in [0.2, 0.25) is 5.91 Å². The molecule has 3 rings (SSSR count). The Kier molecular flexibility index (Phi) is 4.11. The van der Waals surface area contributed by atoms with Gasteiger partial charge in [0.25, 0.3) is 0 Å². The van der Waals surface area contributed by atoms with Gasteiger partial charge >= 0.3 is 0 Å². The summed E-state index contributed by atoms with van der Waals surface area (Å²) in [5.41, 5.74) is 3.57. The summed E-state index contributed by atoms with van der Waals surface area (Å²) in [5.74, 6) is 0.556. The van der Waals surface area contributed by atoms with Crippen molar-refractivity contribution in [2.24, 2.45) is 0 Å². The molecule has 108 valence electrons. The van der Waals surface area contributed by atoms with Gasteiger partial charge in [-0.2, -0.15) is 0 Å². The zero-order valence-corrected chi connectivity index (χ0v) is 13.6. The molecular weight excluding hydrogens is 326 g/mol. The van der Waals surface area contributed by atoms with Crippen LogP contribution in [0.15, 0.2) is 53.0 Å². The standard InChI is InChI=1S/C18H18BrNO/c1-12-6-8-13(9-7-12)10-18(21)20-17-11-15(17)14-4-2-3-5-16(14)19/h2-9,15,17H,10-11H2,1H3,(H,20,21)/t15-,17+/m0/s1. The Hall–Kier alpha value is -1.61. The van der Waals surface area contributed by atoms with E-state index in [0.29, 0.717) is 12.3 Å². The van der Waals surface area contributed by atoms with Gasteiger partial charge in [-0.1, -0.05) is 64.0 Å². The molecule has 2 aromatic rings. The first kappa shape index (κ1) is 14.3. The minimum atomic E-state index is 0.110. The van der Waals surface area contributed by atoms with Gasteiger partial charge in [-0.3, -0.25) is 4.79 Å². The molecule has 21 heavy (non-hydrogen) atoms. The van der Waals surface area contributed by atoms with Crippen molar-refractivity contribution in [2.75, 3.05) is 0 Å². The molecule has 0 aliphatic heterocycles. The molecule has 0 bridgehead atoms. The summed E-state index contributed by atoms with van der Waals surface area (Å²) in [5, 5.41) is 3.13. The molecule has 0 radical (unpaired) electrons. The highest BCUT2D eigenvalue weighted by molar-refractivity contribution is 9.10. The number of hydrogen-bond donors (Lipinski definition) is 1. The molecule has 0 saturated heterocycles. The normalized spacial score (nSPS) is 20.1. The molecule has 1 amide bonds. The predicted molar refractivity (Wildman–Crippen MR) is 88.3 cm³/mol. The fourth-order valence-electron chi connectivity index (χ4n) is 2.62. The number of benzene rings is 2. The van der Waals surface area contributed by atoms with Crippen molar-refractivity contribution in [3.8, 4) is 0 Å². The van der Waals surface area contributed by atoms with E-state index in [9.17, 15) is 4.79 Å². The lowest BCUT2D eigenvalue weighted by Crippen LogP contribution is -2.28. The smallest absolute Gasteiger partial charge is 0.224 e. The highest BCUT2D eigenvalue weighted by atomic mass is 79.9. The van der Waals surface area contributed by atoms with Crippen LogP contribution in [-0.4, -0.2) is 11.9 Å². The number of hydrogen-bond acceptors (Lipinski definition) is 1. The molecule has 3 heteroatoms. The Bertz CT molecular complexity index is 651. The van der Waals surface area contributed by atoms with Gasteiger partial charge in [-0.15, -0.1) is 0 Å². The third kappa shape index (κ3) is 3.53. The van der Waals surface area contributed by atoms with Crippen LogP contribution in [0.1, 0.15) is 29.0 Å². The molecule has 0 unspecified atom stereocenters. The van der Waals surface area contributed by atoms with Gasteiger partial charge < -0.3 is 5.32 Å². The van der Waals surface area contributed by atoms with Gasteiger partial charge in [0.15, 0.2) is 0 Å². The molecule has 2 atom stereocenters. The molecule has 0 aromatic heterocycles. The van der Waals surface area contributed by atoms with Gasteiger partial charge in [-0.05, 0) is 30.5 Å². The first-order valence-electron chi connectivity index (χ1n) is 7.23. The summed E-state index contributed by atoms with van der Waals surface area (Å²) in [6, 6.07) is 16.7.